The fourth-order valence-corrected chi connectivity index (χ4v) is 1.11. The van der Waals surface area contributed by atoms with Crippen LogP contribution in [-0.4, -0.2) is 11.6 Å². The number of aryl methyl sites for hydroxylation is 1. The minimum Gasteiger partial charge on any atom is -0.374 e. The first-order chi connectivity index (χ1) is 6.24. The second kappa shape index (κ2) is 4.97. The first kappa shape index (κ1) is 10.2. The van der Waals surface area contributed by atoms with E-state index in [9.17, 15) is 0 Å². The molecule has 72 valence electrons. The second-order valence-electron chi connectivity index (χ2n) is 3.25. The standard InChI is InChI=1S/C11H17NO/c1-4-7-13-10(3)11-6-5-9(2)12-8-11/h5-6,8,10H,4,7H2,1-3H3. The molecule has 2 heteroatoms. The smallest absolute Gasteiger partial charge is 0.0811 e. The van der Waals surface area contributed by atoms with Crippen molar-refractivity contribution in [2.24, 2.45) is 0 Å². The van der Waals surface area contributed by atoms with Crippen LogP contribution in [0.2, 0.25) is 0 Å². The van der Waals surface area contributed by atoms with Crippen molar-refractivity contribution in [1.82, 2.24) is 4.98 Å². The second-order valence-corrected chi connectivity index (χ2v) is 3.25. The van der Waals surface area contributed by atoms with Crippen LogP contribution in [0.5, 0.6) is 0 Å². The van der Waals surface area contributed by atoms with Crippen molar-refractivity contribution in [3.63, 3.8) is 0 Å². The van der Waals surface area contributed by atoms with E-state index in [0.717, 1.165) is 24.3 Å². The molecule has 1 rings (SSSR count). The molecule has 1 atom stereocenters. The molecule has 0 fully saturated rings. The molecule has 0 N–H and O–H groups in total. The molecule has 0 spiro atoms. The molecule has 0 saturated carbocycles. The summed E-state index contributed by atoms with van der Waals surface area (Å²) in [6.45, 7) is 6.97. The van der Waals surface area contributed by atoms with E-state index in [-0.39, 0.29) is 6.10 Å². The zero-order valence-corrected chi connectivity index (χ0v) is 8.58. The maximum Gasteiger partial charge on any atom is 0.0811 e. The highest BCUT2D eigenvalue weighted by molar-refractivity contribution is 5.15. The Bertz CT molecular complexity index is 243. The van der Waals surface area contributed by atoms with Crippen LogP contribution in [-0.2, 0) is 4.74 Å². The normalized spacial score (nSPS) is 12.8. The lowest BCUT2D eigenvalue weighted by Crippen LogP contribution is -2.01. The van der Waals surface area contributed by atoms with Crippen molar-refractivity contribution in [3.8, 4) is 0 Å². The van der Waals surface area contributed by atoms with Gasteiger partial charge in [-0.25, -0.2) is 0 Å². The van der Waals surface area contributed by atoms with Crippen molar-refractivity contribution in [1.29, 1.82) is 0 Å². The summed E-state index contributed by atoms with van der Waals surface area (Å²) in [7, 11) is 0. The van der Waals surface area contributed by atoms with Gasteiger partial charge in [0, 0.05) is 18.5 Å². The van der Waals surface area contributed by atoms with Crippen LogP contribution in [0.3, 0.4) is 0 Å². The van der Waals surface area contributed by atoms with Crippen molar-refractivity contribution < 1.29 is 4.74 Å². The number of ether oxygens (including phenoxy) is 1. The maximum absolute atomic E-state index is 5.58. The van der Waals surface area contributed by atoms with Crippen LogP contribution in [0.15, 0.2) is 18.3 Å². The molecule has 0 aliphatic rings. The summed E-state index contributed by atoms with van der Waals surface area (Å²) in [6.07, 6.45) is 3.10. The average molecular weight is 179 g/mol. The molecule has 1 aromatic heterocycles. The van der Waals surface area contributed by atoms with E-state index in [0.29, 0.717) is 0 Å². The Balaban J connectivity index is 2.55. The average Bonchev–Trinajstić information content (AvgIpc) is 2.15. The first-order valence-electron chi connectivity index (χ1n) is 4.78. The van der Waals surface area contributed by atoms with Gasteiger partial charge in [0.1, 0.15) is 0 Å². The summed E-state index contributed by atoms with van der Waals surface area (Å²) < 4.78 is 5.58. The molecular weight excluding hydrogens is 162 g/mol. The summed E-state index contributed by atoms with van der Waals surface area (Å²) in [5, 5.41) is 0. The van der Waals surface area contributed by atoms with Gasteiger partial charge >= 0.3 is 0 Å². The van der Waals surface area contributed by atoms with E-state index in [4.69, 9.17) is 4.74 Å². The maximum atomic E-state index is 5.58. The van der Waals surface area contributed by atoms with Gasteiger partial charge in [-0.3, -0.25) is 4.98 Å². The molecular formula is C11H17NO. The van der Waals surface area contributed by atoms with Gasteiger partial charge in [-0.2, -0.15) is 0 Å². The third-order valence-electron chi connectivity index (χ3n) is 1.98. The molecule has 13 heavy (non-hydrogen) atoms. The molecule has 1 aromatic rings. The van der Waals surface area contributed by atoms with Gasteiger partial charge in [-0.1, -0.05) is 13.0 Å². The van der Waals surface area contributed by atoms with Gasteiger partial charge in [0.15, 0.2) is 0 Å². The molecule has 0 aromatic carbocycles. The topological polar surface area (TPSA) is 22.1 Å². The fourth-order valence-electron chi connectivity index (χ4n) is 1.11. The zero-order chi connectivity index (χ0) is 9.68. The summed E-state index contributed by atoms with van der Waals surface area (Å²) in [5.74, 6) is 0. The first-order valence-corrected chi connectivity index (χ1v) is 4.78. The number of rotatable bonds is 4. The summed E-state index contributed by atoms with van der Waals surface area (Å²) in [5.41, 5.74) is 2.20. The predicted octanol–water partition coefficient (Wildman–Crippen LogP) is 2.88. The highest BCUT2D eigenvalue weighted by Gasteiger charge is 2.04. The van der Waals surface area contributed by atoms with Crippen LogP contribution >= 0.6 is 0 Å². The quantitative estimate of drug-likeness (QED) is 0.709. The molecule has 0 radical (unpaired) electrons. The molecule has 1 heterocycles. The molecule has 1 unspecified atom stereocenters. The Morgan fingerprint density at radius 2 is 2.23 bits per heavy atom. The highest BCUT2D eigenvalue weighted by Crippen LogP contribution is 2.15. The lowest BCUT2D eigenvalue weighted by atomic mass is 10.2. The molecule has 0 aliphatic heterocycles. The van der Waals surface area contributed by atoms with Gasteiger partial charge in [0.2, 0.25) is 0 Å². The highest BCUT2D eigenvalue weighted by atomic mass is 16.5. The molecule has 0 amide bonds. The van der Waals surface area contributed by atoms with Crippen LogP contribution < -0.4 is 0 Å². The van der Waals surface area contributed by atoms with Crippen LogP contribution in [0.25, 0.3) is 0 Å². The monoisotopic (exact) mass is 179 g/mol. The molecule has 0 bridgehead atoms. The van der Waals surface area contributed by atoms with E-state index >= 15 is 0 Å². The minimum atomic E-state index is 0.160. The predicted molar refractivity (Wildman–Crippen MR) is 53.6 cm³/mol. The number of hydrogen-bond donors (Lipinski definition) is 0. The van der Waals surface area contributed by atoms with Gasteiger partial charge in [-0.05, 0) is 31.9 Å². The van der Waals surface area contributed by atoms with Gasteiger partial charge in [0.25, 0.3) is 0 Å². The molecule has 0 aliphatic carbocycles. The Hall–Kier alpha value is -0.890. The molecule has 2 nitrogen and oxygen atoms in total. The van der Waals surface area contributed by atoms with Gasteiger partial charge in [0.05, 0.1) is 6.10 Å². The van der Waals surface area contributed by atoms with Crippen molar-refractivity contribution in [3.05, 3.63) is 29.6 Å². The van der Waals surface area contributed by atoms with Crippen LogP contribution in [0.4, 0.5) is 0 Å². The van der Waals surface area contributed by atoms with Gasteiger partial charge < -0.3 is 4.74 Å². The van der Waals surface area contributed by atoms with E-state index in [1.54, 1.807) is 0 Å². The third kappa shape index (κ3) is 3.15. The Labute approximate surface area is 80.0 Å². The third-order valence-corrected chi connectivity index (χ3v) is 1.98. The minimum absolute atomic E-state index is 0.160. The van der Waals surface area contributed by atoms with Gasteiger partial charge in [-0.15, -0.1) is 0 Å². The van der Waals surface area contributed by atoms with Crippen molar-refractivity contribution in [2.75, 3.05) is 6.61 Å². The zero-order valence-electron chi connectivity index (χ0n) is 8.58. The van der Waals surface area contributed by atoms with E-state index < -0.39 is 0 Å². The Morgan fingerprint density at radius 1 is 1.46 bits per heavy atom. The SMILES string of the molecule is CCCOC(C)c1ccc(C)nc1. The number of pyridine rings is 1. The Kier molecular flexibility index (Phi) is 3.90. The summed E-state index contributed by atoms with van der Waals surface area (Å²) >= 11 is 0. The van der Waals surface area contributed by atoms with E-state index in [1.807, 2.05) is 19.2 Å². The number of nitrogens with zero attached hydrogens (tertiary/aromatic N) is 1. The Morgan fingerprint density at radius 3 is 2.77 bits per heavy atom. The lowest BCUT2D eigenvalue weighted by molar-refractivity contribution is 0.0660. The summed E-state index contributed by atoms with van der Waals surface area (Å²) in [4.78, 5) is 4.23. The van der Waals surface area contributed by atoms with E-state index in [1.165, 1.54) is 0 Å². The lowest BCUT2D eigenvalue weighted by Gasteiger charge is -2.12. The van der Waals surface area contributed by atoms with E-state index in [2.05, 4.69) is 24.9 Å². The van der Waals surface area contributed by atoms with Crippen molar-refractivity contribution in [2.45, 2.75) is 33.3 Å². The number of aromatic nitrogens is 1. The molecule has 0 saturated heterocycles. The fraction of sp³-hybridized carbons (Fsp3) is 0.545. The van der Waals surface area contributed by atoms with Crippen LogP contribution in [0, 0.1) is 6.92 Å². The van der Waals surface area contributed by atoms with Crippen LogP contribution in [0.1, 0.15) is 37.6 Å². The largest absolute Gasteiger partial charge is 0.374 e. The number of hydrogen-bond acceptors (Lipinski definition) is 2. The summed E-state index contributed by atoms with van der Waals surface area (Å²) in [6, 6.07) is 4.09. The van der Waals surface area contributed by atoms with Crippen molar-refractivity contribution >= 4 is 0 Å².